The summed E-state index contributed by atoms with van der Waals surface area (Å²) in [4.78, 5) is 10.8. The maximum Gasteiger partial charge on any atom is 0.130 e. The Bertz CT molecular complexity index is 176. The molecule has 11 heavy (non-hydrogen) atoms. The van der Waals surface area contributed by atoms with Crippen LogP contribution in [0, 0.1) is 5.92 Å². The molecule has 2 aliphatic rings. The zero-order valence-electron chi connectivity index (χ0n) is 6.88. The fourth-order valence-electron chi connectivity index (χ4n) is 2.33. The first-order valence-corrected chi connectivity index (χ1v) is 4.40. The third-order valence-corrected chi connectivity index (χ3v) is 2.78. The van der Waals surface area contributed by atoms with Crippen molar-refractivity contribution in [2.75, 3.05) is 0 Å². The largest absolute Gasteiger partial charge is 0.375 e. The average molecular weight is 154 g/mol. The van der Waals surface area contributed by atoms with Crippen molar-refractivity contribution in [2.45, 2.75) is 44.8 Å². The Balaban J connectivity index is 1.92. The minimum absolute atomic E-state index is 0.311. The molecule has 0 N–H and O–H groups in total. The lowest BCUT2D eigenvalue weighted by atomic mass is 9.86. The van der Waals surface area contributed by atoms with E-state index >= 15 is 0 Å². The predicted octanol–water partition coefficient (Wildman–Crippen LogP) is 1.53. The van der Waals surface area contributed by atoms with Gasteiger partial charge in [0.15, 0.2) is 0 Å². The van der Waals surface area contributed by atoms with Crippen LogP contribution in [0.5, 0.6) is 0 Å². The smallest absolute Gasteiger partial charge is 0.130 e. The molecule has 0 aromatic rings. The normalized spacial score (nSPS) is 41.4. The van der Waals surface area contributed by atoms with Gasteiger partial charge in [-0.3, -0.25) is 0 Å². The first-order valence-electron chi connectivity index (χ1n) is 4.40. The van der Waals surface area contributed by atoms with Gasteiger partial charge >= 0.3 is 0 Å². The molecule has 2 heteroatoms. The molecule has 2 aliphatic heterocycles. The van der Waals surface area contributed by atoms with Crippen LogP contribution in [-0.4, -0.2) is 18.0 Å². The Hall–Kier alpha value is -0.370. The van der Waals surface area contributed by atoms with Gasteiger partial charge in [0.2, 0.25) is 0 Å². The van der Waals surface area contributed by atoms with Crippen LogP contribution in [0.4, 0.5) is 0 Å². The van der Waals surface area contributed by atoms with E-state index in [-0.39, 0.29) is 0 Å². The van der Waals surface area contributed by atoms with Gasteiger partial charge in [0, 0.05) is 6.42 Å². The standard InChI is InChI=1S/C9H14O2/c1-6(10)4-7-5-8-2-3-9(7)11-8/h7-9H,2-5H2,1H3. The molecule has 3 atom stereocenters. The van der Waals surface area contributed by atoms with Crippen molar-refractivity contribution >= 4 is 5.78 Å². The van der Waals surface area contributed by atoms with E-state index in [4.69, 9.17) is 4.74 Å². The van der Waals surface area contributed by atoms with E-state index in [9.17, 15) is 4.79 Å². The molecular formula is C9H14O2. The average Bonchev–Trinajstić information content (AvgIpc) is 2.45. The maximum absolute atomic E-state index is 10.8. The fraction of sp³-hybridized carbons (Fsp3) is 0.889. The summed E-state index contributed by atoms with van der Waals surface area (Å²) in [6.07, 6.45) is 5.18. The topological polar surface area (TPSA) is 26.3 Å². The summed E-state index contributed by atoms with van der Waals surface area (Å²) in [6, 6.07) is 0. The zero-order valence-corrected chi connectivity index (χ0v) is 6.88. The number of fused-ring (bicyclic) bond motifs is 2. The second-order valence-electron chi connectivity index (χ2n) is 3.78. The summed E-state index contributed by atoms with van der Waals surface area (Å²) in [5, 5.41) is 0. The number of hydrogen-bond donors (Lipinski definition) is 0. The second-order valence-corrected chi connectivity index (χ2v) is 3.78. The number of rotatable bonds is 2. The minimum atomic E-state index is 0.311. The summed E-state index contributed by atoms with van der Waals surface area (Å²) in [5.74, 6) is 0.859. The van der Waals surface area contributed by atoms with E-state index in [1.165, 1.54) is 12.8 Å². The zero-order chi connectivity index (χ0) is 7.84. The van der Waals surface area contributed by atoms with Gasteiger partial charge in [0.05, 0.1) is 12.2 Å². The number of hydrogen-bond acceptors (Lipinski definition) is 2. The molecule has 0 radical (unpaired) electrons. The van der Waals surface area contributed by atoms with Crippen LogP contribution in [0.15, 0.2) is 0 Å². The second kappa shape index (κ2) is 2.59. The molecule has 2 saturated heterocycles. The van der Waals surface area contributed by atoms with E-state index in [2.05, 4.69) is 0 Å². The van der Waals surface area contributed by atoms with Crippen molar-refractivity contribution in [3.63, 3.8) is 0 Å². The Kier molecular flexibility index (Phi) is 1.72. The lowest BCUT2D eigenvalue weighted by molar-refractivity contribution is -0.118. The summed E-state index contributed by atoms with van der Waals surface area (Å²) in [5.41, 5.74) is 0. The number of ether oxygens (including phenoxy) is 1. The Morgan fingerprint density at radius 3 is 2.82 bits per heavy atom. The van der Waals surface area contributed by atoms with Crippen LogP contribution in [-0.2, 0) is 9.53 Å². The van der Waals surface area contributed by atoms with Crippen molar-refractivity contribution in [1.29, 1.82) is 0 Å². The van der Waals surface area contributed by atoms with Crippen LogP contribution in [0.2, 0.25) is 0 Å². The summed E-state index contributed by atoms with van der Waals surface area (Å²) in [7, 11) is 0. The lowest BCUT2D eigenvalue weighted by Crippen LogP contribution is -2.18. The predicted molar refractivity (Wildman–Crippen MR) is 41.3 cm³/mol. The lowest BCUT2D eigenvalue weighted by Gasteiger charge is -2.16. The van der Waals surface area contributed by atoms with E-state index in [0.717, 1.165) is 12.8 Å². The SMILES string of the molecule is CC(=O)CC1CC2CCC1O2. The molecular weight excluding hydrogens is 140 g/mol. The molecule has 2 heterocycles. The van der Waals surface area contributed by atoms with Gasteiger partial charge in [0.25, 0.3) is 0 Å². The van der Waals surface area contributed by atoms with Crippen LogP contribution in [0.1, 0.15) is 32.6 Å². The van der Waals surface area contributed by atoms with E-state index in [1.54, 1.807) is 6.92 Å². The molecule has 0 aliphatic carbocycles. The van der Waals surface area contributed by atoms with Crippen molar-refractivity contribution in [3.05, 3.63) is 0 Å². The van der Waals surface area contributed by atoms with Gasteiger partial charge in [-0.15, -0.1) is 0 Å². The Labute approximate surface area is 66.9 Å². The van der Waals surface area contributed by atoms with Gasteiger partial charge in [-0.1, -0.05) is 0 Å². The van der Waals surface area contributed by atoms with Crippen molar-refractivity contribution in [2.24, 2.45) is 5.92 Å². The molecule has 2 nitrogen and oxygen atoms in total. The van der Waals surface area contributed by atoms with Crippen LogP contribution < -0.4 is 0 Å². The van der Waals surface area contributed by atoms with Gasteiger partial charge in [-0.25, -0.2) is 0 Å². The summed E-state index contributed by atoms with van der Waals surface area (Å²) < 4.78 is 5.63. The third-order valence-electron chi connectivity index (χ3n) is 2.78. The fourth-order valence-corrected chi connectivity index (χ4v) is 2.33. The van der Waals surface area contributed by atoms with Gasteiger partial charge in [0.1, 0.15) is 5.78 Å². The van der Waals surface area contributed by atoms with Gasteiger partial charge in [-0.2, -0.15) is 0 Å². The molecule has 0 aromatic heterocycles. The molecule has 0 aromatic carbocycles. The highest BCUT2D eigenvalue weighted by molar-refractivity contribution is 5.75. The molecule has 2 fully saturated rings. The molecule has 2 bridgehead atoms. The maximum atomic E-state index is 10.8. The van der Waals surface area contributed by atoms with Gasteiger partial charge < -0.3 is 9.53 Å². The Morgan fingerprint density at radius 2 is 2.36 bits per heavy atom. The van der Waals surface area contributed by atoms with Crippen LogP contribution in [0.3, 0.4) is 0 Å². The first kappa shape index (κ1) is 7.29. The molecule has 0 amide bonds. The molecule has 0 spiro atoms. The summed E-state index contributed by atoms with van der Waals surface area (Å²) in [6.45, 7) is 1.67. The van der Waals surface area contributed by atoms with Gasteiger partial charge in [-0.05, 0) is 32.1 Å². The molecule has 0 saturated carbocycles. The number of Topliss-reactive ketones (excluding diaryl/α,β-unsaturated/α-hetero) is 1. The molecule has 62 valence electrons. The number of carbonyl (C=O) groups excluding carboxylic acids is 1. The highest BCUT2D eigenvalue weighted by Gasteiger charge is 2.40. The van der Waals surface area contributed by atoms with E-state index < -0.39 is 0 Å². The highest BCUT2D eigenvalue weighted by atomic mass is 16.5. The highest BCUT2D eigenvalue weighted by Crippen LogP contribution is 2.40. The first-order chi connectivity index (χ1) is 5.25. The molecule has 2 rings (SSSR count). The number of carbonyl (C=O) groups is 1. The Morgan fingerprint density at radius 1 is 1.55 bits per heavy atom. The van der Waals surface area contributed by atoms with Crippen molar-refractivity contribution < 1.29 is 9.53 Å². The third kappa shape index (κ3) is 1.32. The van der Waals surface area contributed by atoms with E-state index in [1.807, 2.05) is 0 Å². The van der Waals surface area contributed by atoms with Crippen LogP contribution >= 0.6 is 0 Å². The quantitative estimate of drug-likeness (QED) is 0.603. The minimum Gasteiger partial charge on any atom is -0.375 e. The monoisotopic (exact) mass is 154 g/mol. The van der Waals surface area contributed by atoms with Crippen molar-refractivity contribution in [1.82, 2.24) is 0 Å². The van der Waals surface area contributed by atoms with Crippen molar-refractivity contribution in [3.8, 4) is 0 Å². The van der Waals surface area contributed by atoms with E-state index in [0.29, 0.717) is 23.9 Å². The molecule has 3 unspecified atom stereocenters. The summed E-state index contributed by atoms with van der Waals surface area (Å²) >= 11 is 0. The number of ketones is 1. The van der Waals surface area contributed by atoms with Crippen LogP contribution in [0.25, 0.3) is 0 Å².